The van der Waals surface area contributed by atoms with E-state index in [0.29, 0.717) is 12.8 Å². The number of hydrogen-bond donors (Lipinski definition) is 2. The maximum atomic E-state index is 12.0. The summed E-state index contributed by atoms with van der Waals surface area (Å²) < 4.78 is 0. The average Bonchev–Trinajstić information content (AvgIpc) is 2.92. The molecule has 0 saturated heterocycles. The highest BCUT2D eigenvalue weighted by molar-refractivity contribution is 7.09. The smallest absolute Gasteiger partial charge is 0.335 e. The predicted octanol–water partition coefficient (Wildman–Crippen LogP) is 2.96. The number of rotatable bonds is 6. The molecule has 0 aliphatic rings. The van der Waals surface area contributed by atoms with Gasteiger partial charge in [-0.15, -0.1) is 11.3 Å². The number of carbonyl (C=O) groups is 2. The Morgan fingerprint density at radius 1 is 1.32 bits per heavy atom. The quantitative estimate of drug-likeness (QED) is 0.858. The zero-order valence-corrected chi connectivity index (χ0v) is 13.3. The van der Waals surface area contributed by atoms with Crippen molar-refractivity contribution in [1.82, 2.24) is 10.3 Å². The minimum absolute atomic E-state index is 0.0392. The highest BCUT2D eigenvalue weighted by atomic mass is 32.1. The molecule has 5 nitrogen and oxygen atoms in total. The summed E-state index contributed by atoms with van der Waals surface area (Å²) in [7, 11) is 0. The summed E-state index contributed by atoms with van der Waals surface area (Å²) in [5, 5.41) is 14.6. The second kappa shape index (κ2) is 7.17. The summed E-state index contributed by atoms with van der Waals surface area (Å²) in [6.45, 7) is 3.84. The molecule has 2 aromatic rings. The zero-order valence-electron chi connectivity index (χ0n) is 12.5. The lowest BCUT2D eigenvalue weighted by atomic mass is 10.1. The van der Waals surface area contributed by atoms with Gasteiger partial charge < -0.3 is 10.4 Å². The molecular formula is C16H18N2O3S. The van der Waals surface area contributed by atoms with Gasteiger partial charge in [0, 0.05) is 17.5 Å². The first-order chi connectivity index (χ1) is 10.5. The van der Waals surface area contributed by atoms with Crippen LogP contribution in [-0.2, 0) is 11.2 Å². The van der Waals surface area contributed by atoms with Crippen LogP contribution in [0.15, 0.2) is 29.6 Å². The van der Waals surface area contributed by atoms with E-state index in [4.69, 9.17) is 5.11 Å². The Bertz CT molecular complexity index is 664. The summed E-state index contributed by atoms with van der Waals surface area (Å²) in [6.07, 6.45) is 0.941. The molecule has 2 rings (SSSR count). The lowest BCUT2D eigenvalue weighted by Crippen LogP contribution is -2.26. The summed E-state index contributed by atoms with van der Waals surface area (Å²) in [5.41, 5.74) is 2.15. The van der Waals surface area contributed by atoms with Crippen molar-refractivity contribution in [2.24, 2.45) is 0 Å². The van der Waals surface area contributed by atoms with Crippen LogP contribution in [0.2, 0.25) is 0 Å². The number of amides is 1. The van der Waals surface area contributed by atoms with E-state index in [9.17, 15) is 9.59 Å². The number of carboxylic acids is 1. The van der Waals surface area contributed by atoms with Crippen molar-refractivity contribution in [3.05, 3.63) is 51.5 Å². The summed E-state index contributed by atoms with van der Waals surface area (Å²) >= 11 is 1.54. The number of carboxylic acid groups (broad SMARTS) is 1. The average molecular weight is 318 g/mol. The van der Waals surface area contributed by atoms with Crippen molar-refractivity contribution in [3.63, 3.8) is 0 Å². The van der Waals surface area contributed by atoms with Crippen LogP contribution in [0.1, 0.15) is 46.0 Å². The minimum Gasteiger partial charge on any atom is -0.478 e. The largest absolute Gasteiger partial charge is 0.478 e. The number of nitrogens with one attached hydrogen (secondary N) is 1. The molecule has 22 heavy (non-hydrogen) atoms. The fourth-order valence-corrected chi connectivity index (χ4v) is 2.82. The van der Waals surface area contributed by atoms with Gasteiger partial charge in [-0.05, 0) is 38.0 Å². The van der Waals surface area contributed by atoms with Gasteiger partial charge in [-0.25, -0.2) is 9.78 Å². The van der Waals surface area contributed by atoms with Gasteiger partial charge in [0.05, 0.1) is 11.6 Å². The SMILES string of the molecule is Cc1csc([C@@H](C)NC(=O)CCc2ccc(C(=O)O)cc2)n1. The van der Waals surface area contributed by atoms with Gasteiger partial charge in [-0.1, -0.05) is 12.1 Å². The van der Waals surface area contributed by atoms with E-state index < -0.39 is 5.97 Å². The first-order valence-corrected chi connectivity index (χ1v) is 7.87. The van der Waals surface area contributed by atoms with E-state index >= 15 is 0 Å². The van der Waals surface area contributed by atoms with Gasteiger partial charge in [0.25, 0.3) is 0 Å². The van der Waals surface area contributed by atoms with E-state index in [0.717, 1.165) is 16.3 Å². The first-order valence-electron chi connectivity index (χ1n) is 6.99. The molecule has 6 heteroatoms. The number of aryl methyl sites for hydroxylation is 2. The van der Waals surface area contributed by atoms with Crippen LogP contribution >= 0.6 is 11.3 Å². The zero-order chi connectivity index (χ0) is 16.1. The Hall–Kier alpha value is -2.21. The van der Waals surface area contributed by atoms with E-state index in [-0.39, 0.29) is 17.5 Å². The molecule has 0 radical (unpaired) electrons. The number of aromatic carboxylic acids is 1. The Balaban J connectivity index is 1.83. The molecule has 0 aliphatic heterocycles. The molecule has 0 unspecified atom stereocenters. The lowest BCUT2D eigenvalue weighted by Gasteiger charge is -2.11. The van der Waals surface area contributed by atoms with E-state index in [1.165, 1.54) is 11.3 Å². The van der Waals surface area contributed by atoms with Crippen molar-refractivity contribution < 1.29 is 14.7 Å². The number of hydrogen-bond acceptors (Lipinski definition) is 4. The molecule has 0 saturated carbocycles. The molecule has 0 bridgehead atoms. The molecule has 0 fully saturated rings. The van der Waals surface area contributed by atoms with Crippen molar-refractivity contribution in [3.8, 4) is 0 Å². The fourth-order valence-electron chi connectivity index (χ4n) is 2.02. The van der Waals surface area contributed by atoms with Crippen LogP contribution in [0, 0.1) is 6.92 Å². The Morgan fingerprint density at radius 2 is 2.00 bits per heavy atom. The van der Waals surface area contributed by atoms with Crippen molar-refractivity contribution >= 4 is 23.2 Å². The predicted molar refractivity (Wildman–Crippen MR) is 85.1 cm³/mol. The van der Waals surface area contributed by atoms with Gasteiger partial charge in [0.15, 0.2) is 0 Å². The van der Waals surface area contributed by atoms with Crippen LogP contribution in [-0.4, -0.2) is 22.0 Å². The van der Waals surface area contributed by atoms with Crippen molar-refractivity contribution in [2.45, 2.75) is 32.7 Å². The number of aromatic nitrogens is 1. The number of thiazole rings is 1. The second-order valence-electron chi connectivity index (χ2n) is 5.12. The lowest BCUT2D eigenvalue weighted by molar-refractivity contribution is -0.121. The van der Waals surface area contributed by atoms with E-state index in [1.54, 1.807) is 24.3 Å². The number of benzene rings is 1. The summed E-state index contributed by atoms with van der Waals surface area (Å²) in [4.78, 5) is 27.1. The number of carbonyl (C=O) groups excluding carboxylic acids is 1. The van der Waals surface area contributed by atoms with E-state index in [2.05, 4.69) is 10.3 Å². The van der Waals surface area contributed by atoms with Gasteiger partial charge in [-0.3, -0.25) is 4.79 Å². The molecule has 116 valence electrons. The number of nitrogens with zero attached hydrogens (tertiary/aromatic N) is 1. The van der Waals surface area contributed by atoms with Gasteiger partial charge in [0.2, 0.25) is 5.91 Å². The highest BCUT2D eigenvalue weighted by Crippen LogP contribution is 2.17. The third-order valence-corrected chi connectivity index (χ3v) is 4.37. The Morgan fingerprint density at radius 3 is 2.55 bits per heavy atom. The third kappa shape index (κ3) is 4.39. The van der Waals surface area contributed by atoms with Gasteiger partial charge in [0.1, 0.15) is 5.01 Å². The third-order valence-electron chi connectivity index (χ3n) is 3.23. The Labute approximate surface area is 133 Å². The summed E-state index contributed by atoms with van der Waals surface area (Å²) in [6, 6.07) is 6.49. The monoisotopic (exact) mass is 318 g/mol. The molecule has 1 atom stereocenters. The first kappa shape index (κ1) is 16.2. The van der Waals surface area contributed by atoms with E-state index in [1.807, 2.05) is 19.2 Å². The van der Waals surface area contributed by atoms with Crippen LogP contribution in [0.25, 0.3) is 0 Å². The maximum Gasteiger partial charge on any atom is 0.335 e. The minimum atomic E-state index is -0.947. The second-order valence-corrected chi connectivity index (χ2v) is 6.01. The van der Waals surface area contributed by atoms with Crippen molar-refractivity contribution in [1.29, 1.82) is 0 Å². The van der Waals surface area contributed by atoms with Crippen LogP contribution in [0.4, 0.5) is 0 Å². The molecule has 1 amide bonds. The fraction of sp³-hybridized carbons (Fsp3) is 0.312. The molecule has 1 aromatic carbocycles. The van der Waals surface area contributed by atoms with Gasteiger partial charge in [-0.2, -0.15) is 0 Å². The van der Waals surface area contributed by atoms with Crippen LogP contribution in [0.3, 0.4) is 0 Å². The molecule has 2 N–H and O–H groups in total. The molecule has 0 aliphatic carbocycles. The molecular weight excluding hydrogens is 300 g/mol. The van der Waals surface area contributed by atoms with Crippen LogP contribution in [0.5, 0.6) is 0 Å². The highest BCUT2D eigenvalue weighted by Gasteiger charge is 2.12. The standard InChI is InChI=1S/C16H18N2O3S/c1-10-9-22-15(17-10)11(2)18-14(19)8-5-12-3-6-13(7-4-12)16(20)21/h3-4,6-7,9,11H,5,8H2,1-2H3,(H,18,19)(H,20,21)/t11-/m1/s1. The normalized spacial score (nSPS) is 11.9. The molecule has 1 aromatic heterocycles. The Kier molecular flexibility index (Phi) is 5.27. The van der Waals surface area contributed by atoms with Gasteiger partial charge >= 0.3 is 5.97 Å². The summed E-state index contributed by atoms with van der Waals surface area (Å²) in [5.74, 6) is -0.987. The van der Waals surface area contributed by atoms with Crippen molar-refractivity contribution in [2.75, 3.05) is 0 Å². The molecule has 0 spiro atoms. The van der Waals surface area contributed by atoms with Crippen LogP contribution < -0.4 is 5.32 Å². The topological polar surface area (TPSA) is 79.3 Å². The molecule has 1 heterocycles. The maximum absolute atomic E-state index is 12.0.